The molecule has 0 saturated carbocycles. The first-order valence-electron chi connectivity index (χ1n) is 6.56. The van der Waals surface area contributed by atoms with E-state index in [4.69, 9.17) is 9.47 Å². The Bertz CT molecular complexity index is 355. The summed E-state index contributed by atoms with van der Waals surface area (Å²) in [6.45, 7) is 4.56. The molecule has 2 unspecified atom stereocenters. The molecule has 100 valence electrons. The van der Waals surface area contributed by atoms with Crippen molar-refractivity contribution in [1.82, 2.24) is 0 Å². The van der Waals surface area contributed by atoms with Crippen LogP contribution in [0.5, 0.6) is 0 Å². The zero-order valence-corrected chi connectivity index (χ0v) is 12.5. The van der Waals surface area contributed by atoms with E-state index in [0.29, 0.717) is 12.7 Å². The van der Waals surface area contributed by atoms with Gasteiger partial charge in [0.25, 0.3) is 0 Å². The molecule has 1 saturated heterocycles. The second-order valence-corrected chi connectivity index (χ2v) is 5.61. The van der Waals surface area contributed by atoms with Crippen molar-refractivity contribution in [1.29, 1.82) is 0 Å². The number of alkyl halides is 1. The fourth-order valence-electron chi connectivity index (χ4n) is 2.43. The van der Waals surface area contributed by atoms with E-state index >= 15 is 0 Å². The van der Waals surface area contributed by atoms with E-state index in [-0.39, 0.29) is 5.41 Å². The number of rotatable bonds is 6. The van der Waals surface area contributed by atoms with Gasteiger partial charge in [-0.05, 0) is 25.3 Å². The molecule has 0 aromatic heterocycles. The predicted octanol–water partition coefficient (Wildman–Crippen LogP) is 3.78. The van der Waals surface area contributed by atoms with Crippen molar-refractivity contribution in [3.8, 4) is 0 Å². The molecular formula is C15H21BrO2. The molecule has 0 amide bonds. The van der Waals surface area contributed by atoms with Crippen molar-refractivity contribution in [2.75, 3.05) is 18.5 Å². The predicted molar refractivity (Wildman–Crippen MR) is 77.0 cm³/mol. The van der Waals surface area contributed by atoms with E-state index in [1.165, 1.54) is 5.56 Å². The Hall–Kier alpha value is -0.380. The number of hydrogen-bond donors (Lipinski definition) is 0. The van der Waals surface area contributed by atoms with E-state index in [1.807, 2.05) is 18.2 Å². The molecule has 0 aliphatic carbocycles. The maximum Gasteiger partial charge on any atom is 0.0716 e. The highest BCUT2D eigenvalue weighted by atomic mass is 79.9. The van der Waals surface area contributed by atoms with E-state index in [1.54, 1.807) is 0 Å². The van der Waals surface area contributed by atoms with Gasteiger partial charge in [0.2, 0.25) is 0 Å². The third-order valence-corrected chi connectivity index (χ3v) is 5.07. The summed E-state index contributed by atoms with van der Waals surface area (Å²) in [4.78, 5) is 0. The normalized spacial score (nSPS) is 27.6. The van der Waals surface area contributed by atoms with Crippen LogP contribution < -0.4 is 0 Å². The molecule has 2 atom stereocenters. The molecule has 0 bridgehead atoms. The van der Waals surface area contributed by atoms with Crippen molar-refractivity contribution >= 4 is 15.9 Å². The Morgan fingerprint density at radius 1 is 1.39 bits per heavy atom. The number of halogens is 1. The highest BCUT2D eigenvalue weighted by Gasteiger charge is 2.40. The van der Waals surface area contributed by atoms with E-state index in [2.05, 4.69) is 35.0 Å². The van der Waals surface area contributed by atoms with Gasteiger partial charge < -0.3 is 9.47 Å². The van der Waals surface area contributed by atoms with Crippen molar-refractivity contribution < 1.29 is 9.47 Å². The summed E-state index contributed by atoms with van der Waals surface area (Å²) in [5.41, 5.74) is 1.50. The Morgan fingerprint density at radius 3 is 2.78 bits per heavy atom. The summed E-state index contributed by atoms with van der Waals surface area (Å²) in [6.07, 6.45) is 2.53. The molecular weight excluding hydrogens is 292 g/mol. The van der Waals surface area contributed by atoms with E-state index in [9.17, 15) is 0 Å². The molecule has 1 aromatic carbocycles. The molecule has 18 heavy (non-hydrogen) atoms. The van der Waals surface area contributed by atoms with Gasteiger partial charge in [0, 0.05) is 24.0 Å². The second-order valence-electron chi connectivity index (χ2n) is 5.05. The van der Waals surface area contributed by atoms with Crippen LogP contribution in [0.25, 0.3) is 0 Å². The van der Waals surface area contributed by atoms with E-state index in [0.717, 1.165) is 31.4 Å². The third kappa shape index (κ3) is 3.34. The monoisotopic (exact) mass is 312 g/mol. The van der Waals surface area contributed by atoms with E-state index < -0.39 is 0 Å². The van der Waals surface area contributed by atoms with Crippen molar-refractivity contribution in [2.45, 2.75) is 32.5 Å². The maximum absolute atomic E-state index is 5.78. The van der Waals surface area contributed by atoms with Crippen LogP contribution in [0.1, 0.15) is 25.3 Å². The zero-order valence-electron chi connectivity index (χ0n) is 10.9. The summed E-state index contributed by atoms with van der Waals surface area (Å²) in [5.74, 6) is 0. The van der Waals surface area contributed by atoms with Gasteiger partial charge in [0.15, 0.2) is 0 Å². The van der Waals surface area contributed by atoms with Crippen LogP contribution >= 0.6 is 15.9 Å². The molecule has 1 aliphatic rings. The molecule has 1 aromatic rings. The van der Waals surface area contributed by atoms with Crippen molar-refractivity contribution in [2.24, 2.45) is 5.41 Å². The van der Waals surface area contributed by atoms with Gasteiger partial charge >= 0.3 is 0 Å². The van der Waals surface area contributed by atoms with Crippen LogP contribution in [0.2, 0.25) is 0 Å². The fourth-order valence-corrected chi connectivity index (χ4v) is 3.45. The lowest BCUT2D eigenvalue weighted by Gasteiger charge is -2.29. The van der Waals surface area contributed by atoms with Gasteiger partial charge in [0.05, 0.1) is 12.7 Å². The lowest BCUT2D eigenvalue weighted by atomic mass is 9.81. The first kappa shape index (κ1) is 14.0. The molecule has 1 aliphatic heterocycles. The SMILES string of the molecule is CC1OCCC1(CBr)CCOCc1ccccc1. The van der Waals surface area contributed by atoms with Crippen LogP contribution in [0, 0.1) is 5.41 Å². The maximum atomic E-state index is 5.78. The summed E-state index contributed by atoms with van der Waals surface area (Å²) < 4.78 is 11.5. The average molecular weight is 313 g/mol. The Morgan fingerprint density at radius 2 is 2.17 bits per heavy atom. The van der Waals surface area contributed by atoms with Gasteiger partial charge in [-0.25, -0.2) is 0 Å². The Labute approximate surface area is 118 Å². The lowest BCUT2D eigenvalue weighted by Crippen LogP contribution is -2.31. The summed E-state index contributed by atoms with van der Waals surface area (Å²) in [7, 11) is 0. The molecule has 3 heteroatoms. The van der Waals surface area contributed by atoms with Crippen molar-refractivity contribution in [3.63, 3.8) is 0 Å². The molecule has 0 radical (unpaired) electrons. The topological polar surface area (TPSA) is 18.5 Å². The van der Waals surface area contributed by atoms with Crippen LogP contribution in [0.15, 0.2) is 30.3 Å². The minimum atomic E-state index is 0.261. The molecule has 0 spiro atoms. The van der Waals surface area contributed by atoms with Gasteiger partial charge in [-0.2, -0.15) is 0 Å². The summed E-state index contributed by atoms with van der Waals surface area (Å²) in [6, 6.07) is 10.3. The first-order chi connectivity index (χ1) is 8.77. The standard InChI is InChI=1S/C15H21BrO2/c1-13-15(12-16,8-10-18-13)7-9-17-11-14-5-3-2-4-6-14/h2-6,13H,7-12H2,1H3. The van der Waals surface area contributed by atoms with Gasteiger partial charge in [0.1, 0.15) is 0 Å². The van der Waals surface area contributed by atoms with Gasteiger partial charge in [-0.1, -0.05) is 46.3 Å². The largest absolute Gasteiger partial charge is 0.378 e. The highest BCUT2D eigenvalue weighted by Crippen LogP contribution is 2.39. The van der Waals surface area contributed by atoms with Crippen LogP contribution in [0.4, 0.5) is 0 Å². The number of ether oxygens (including phenoxy) is 2. The number of benzene rings is 1. The highest BCUT2D eigenvalue weighted by molar-refractivity contribution is 9.09. The summed E-state index contributed by atoms with van der Waals surface area (Å²) >= 11 is 3.64. The molecule has 0 N–H and O–H groups in total. The Balaban J connectivity index is 1.75. The molecule has 2 rings (SSSR count). The Kier molecular flexibility index (Phi) is 5.22. The minimum absolute atomic E-state index is 0.261. The van der Waals surface area contributed by atoms with Crippen molar-refractivity contribution in [3.05, 3.63) is 35.9 Å². The molecule has 1 heterocycles. The molecule has 2 nitrogen and oxygen atoms in total. The summed E-state index contributed by atoms with van der Waals surface area (Å²) in [5, 5.41) is 0.996. The molecule has 1 fully saturated rings. The zero-order chi connectivity index (χ0) is 12.8. The minimum Gasteiger partial charge on any atom is -0.378 e. The third-order valence-electron chi connectivity index (χ3n) is 3.95. The quantitative estimate of drug-likeness (QED) is 0.588. The lowest BCUT2D eigenvalue weighted by molar-refractivity contribution is 0.0409. The first-order valence-corrected chi connectivity index (χ1v) is 7.68. The number of hydrogen-bond acceptors (Lipinski definition) is 2. The van der Waals surface area contributed by atoms with Gasteiger partial charge in [-0.15, -0.1) is 0 Å². The van der Waals surface area contributed by atoms with Crippen LogP contribution in [-0.2, 0) is 16.1 Å². The fraction of sp³-hybridized carbons (Fsp3) is 0.600. The van der Waals surface area contributed by atoms with Crippen LogP contribution in [-0.4, -0.2) is 24.6 Å². The van der Waals surface area contributed by atoms with Crippen LogP contribution in [0.3, 0.4) is 0 Å². The second kappa shape index (κ2) is 6.69. The van der Waals surface area contributed by atoms with Gasteiger partial charge in [-0.3, -0.25) is 0 Å². The average Bonchev–Trinajstić information content (AvgIpc) is 2.78. The smallest absolute Gasteiger partial charge is 0.0716 e.